The molecule has 0 fully saturated rings. The number of anilines is 2. The smallest absolute Gasteiger partial charge is 0.375 e. The average molecular weight is 478 g/mol. The number of rotatable bonds is 7. The second-order valence-electron chi connectivity index (χ2n) is 8.20. The summed E-state index contributed by atoms with van der Waals surface area (Å²) in [6.45, 7) is 4.77. The van der Waals surface area contributed by atoms with E-state index >= 15 is 0 Å². The first kappa shape index (κ1) is 24.0. The Hall–Kier alpha value is -4.10. The van der Waals surface area contributed by atoms with E-state index in [1.54, 1.807) is 24.3 Å². The van der Waals surface area contributed by atoms with Gasteiger partial charge in [-0.2, -0.15) is 18.4 Å². The first-order valence-electron chi connectivity index (χ1n) is 10.8. The van der Waals surface area contributed by atoms with Gasteiger partial charge < -0.3 is 10.1 Å². The van der Waals surface area contributed by atoms with Crippen LogP contribution in [0.25, 0.3) is 22.4 Å². The van der Waals surface area contributed by atoms with Crippen LogP contribution in [-0.4, -0.2) is 26.5 Å². The fraction of sp³-hybridized carbons (Fsp3) is 0.240. The molecule has 178 valence electrons. The van der Waals surface area contributed by atoms with Crippen molar-refractivity contribution in [3.8, 4) is 17.5 Å². The van der Waals surface area contributed by atoms with Crippen LogP contribution in [0, 0.1) is 17.2 Å². The second kappa shape index (κ2) is 10.0. The van der Waals surface area contributed by atoms with E-state index in [2.05, 4.69) is 25.3 Å². The van der Waals surface area contributed by atoms with E-state index in [0.29, 0.717) is 40.7 Å². The maximum Gasteiger partial charge on any atom is 0.418 e. The zero-order chi connectivity index (χ0) is 25.0. The van der Waals surface area contributed by atoms with Crippen LogP contribution in [0.3, 0.4) is 0 Å². The molecule has 35 heavy (non-hydrogen) atoms. The normalized spacial score (nSPS) is 11.6. The van der Waals surface area contributed by atoms with Gasteiger partial charge in [-0.3, -0.25) is 4.98 Å². The zero-order valence-electron chi connectivity index (χ0n) is 19.0. The molecule has 0 unspecified atom stereocenters. The first-order valence-corrected chi connectivity index (χ1v) is 10.8. The van der Waals surface area contributed by atoms with Gasteiger partial charge in [0.2, 0.25) is 0 Å². The standard InChI is InChI=1S/C25H21F3N6O/c1-15(2)13-35-14-17-10-21(33-22-8-5-16(11-29)12-31-22)18-6-7-20(34-24(18)32-17)23-19(25(26,27)28)4-3-9-30-23/h3-10,12,15H,13-14H2,1-2H3,(H,31,32,33,34). The third-order valence-corrected chi connectivity index (χ3v) is 4.94. The maximum absolute atomic E-state index is 13.5. The number of alkyl halides is 3. The highest BCUT2D eigenvalue weighted by Crippen LogP contribution is 2.36. The van der Waals surface area contributed by atoms with E-state index in [0.717, 1.165) is 6.07 Å². The highest BCUT2D eigenvalue weighted by molar-refractivity contribution is 5.92. The lowest BCUT2D eigenvalue weighted by Gasteiger charge is -2.14. The lowest BCUT2D eigenvalue weighted by molar-refractivity contribution is -0.137. The monoisotopic (exact) mass is 478 g/mol. The predicted octanol–water partition coefficient (Wildman–Crippen LogP) is 5.89. The molecule has 4 rings (SSSR count). The molecule has 0 saturated carbocycles. The number of pyridine rings is 4. The molecule has 0 radical (unpaired) electrons. The van der Waals surface area contributed by atoms with Gasteiger partial charge in [0.1, 0.15) is 17.6 Å². The minimum absolute atomic E-state index is 0.0561. The summed E-state index contributed by atoms with van der Waals surface area (Å²) in [4.78, 5) is 17.1. The highest BCUT2D eigenvalue weighted by atomic mass is 19.4. The molecule has 0 aliphatic heterocycles. The van der Waals surface area contributed by atoms with Crippen molar-refractivity contribution in [2.45, 2.75) is 26.6 Å². The number of nitrogens with one attached hydrogen (secondary N) is 1. The Bertz CT molecular complexity index is 1380. The summed E-state index contributed by atoms with van der Waals surface area (Å²) < 4.78 is 46.3. The minimum Gasteiger partial charge on any atom is -0.375 e. The van der Waals surface area contributed by atoms with Crippen LogP contribution in [0.5, 0.6) is 0 Å². The van der Waals surface area contributed by atoms with Crippen molar-refractivity contribution in [3.05, 3.63) is 71.7 Å². The van der Waals surface area contributed by atoms with Gasteiger partial charge in [0, 0.05) is 24.4 Å². The van der Waals surface area contributed by atoms with Crippen molar-refractivity contribution in [1.82, 2.24) is 19.9 Å². The number of hydrogen-bond acceptors (Lipinski definition) is 7. The number of ether oxygens (including phenoxy) is 1. The molecule has 0 amide bonds. The maximum atomic E-state index is 13.5. The van der Waals surface area contributed by atoms with E-state index in [1.807, 2.05) is 19.9 Å². The van der Waals surface area contributed by atoms with Gasteiger partial charge >= 0.3 is 6.18 Å². The summed E-state index contributed by atoms with van der Waals surface area (Å²) in [7, 11) is 0. The van der Waals surface area contributed by atoms with Gasteiger partial charge in [-0.1, -0.05) is 13.8 Å². The average Bonchev–Trinajstić information content (AvgIpc) is 2.83. The number of nitriles is 1. The van der Waals surface area contributed by atoms with E-state index in [-0.39, 0.29) is 23.6 Å². The summed E-state index contributed by atoms with van der Waals surface area (Å²) >= 11 is 0. The number of aromatic nitrogens is 4. The second-order valence-corrected chi connectivity index (χ2v) is 8.20. The molecular formula is C25H21F3N6O. The van der Waals surface area contributed by atoms with E-state index in [1.165, 1.54) is 24.5 Å². The van der Waals surface area contributed by atoms with E-state index in [9.17, 15) is 13.2 Å². The van der Waals surface area contributed by atoms with Crippen LogP contribution >= 0.6 is 0 Å². The van der Waals surface area contributed by atoms with Gasteiger partial charge in [-0.15, -0.1) is 0 Å². The fourth-order valence-corrected chi connectivity index (χ4v) is 3.38. The molecular weight excluding hydrogens is 457 g/mol. The molecule has 0 saturated heterocycles. The predicted molar refractivity (Wildman–Crippen MR) is 124 cm³/mol. The highest BCUT2D eigenvalue weighted by Gasteiger charge is 2.34. The SMILES string of the molecule is CC(C)COCc1cc(Nc2ccc(C#N)cn2)c2ccc(-c3ncccc3C(F)(F)F)nc2n1. The summed E-state index contributed by atoms with van der Waals surface area (Å²) in [5.41, 5.74) is 0.725. The van der Waals surface area contributed by atoms with E-state index < -0.39 is 11.7 Å². The molecule has 10 heteroatoms. The third-order valence-electron chi connectivity index (χ3n) is 4.94. The van der Waals surface area contributed by atoms with Crippen molar-refractivity contribution in [2.75, 3.05) is 11.9 Å². The van der Waals surface area contributed by atoms with Gasteiger partial charge in [0.15, 0.2) is 5.65 Å². The molecule has 4 aromatic rings. The van der Waals surface area contributed by atoms with E-state index in [4.69, 9.17) is 10.00 Å². The fourth-order valence-electron chi connectivity index (χ4n) is 3.38. The largest absolute Gasteiger partial charge is 0.418 e. The number of fused-ring (bicyclic) bond motifs is 1. The molecule has 0 atom stereocenters. The molecule has 0 aliphatic carbocycles. The summed E-state index contributed by atoms with van der Waals surface area (Å²) in [6.07, 6.45) is -1.84. The quantitative estimate of drug-likeness (QED) is 0.354. The van der Waals surface area contributed by atoms with Gasteiger partial charge in [-0.05, 0) is 48.4 Å². The summed E-state index contributed by atoms with van der Waals surface area (Å²) in [5, 5.41) is 12.8. The zero-order valence-corrected chi connectivity index (χ0v) is 19.0. The van der Waals surface area contributed by atoms with Crippen LogP contribution in [0.1, 0.15) is 30.7 Å². The molecule has 0 aliphatic rings. The van der Waals surface area contributed by atoms with Crippen molar-refractivity contribution in [1.29, 1.82) is 5.26 Å². The molecule has 0 aromatic carbocycles. The third kappa shape index (κ3) is 5.70. The van der Waals surface area contributed by atoms with Crippen LogP contribution < -0.4 is 5.32 Å². The molecule has 0 bridgehead atoms. The van der Waals surface area contributed by atoms with Crippen LogP contribution in [0.15, 0.2) is 54.9 Å². The van der Waals surface area contributed by atoms with Crippen LogP contribution in [-0.2, 0) is 17.5 Å². The van der Waals surface area contributed by atoms with Crippen molar-refractivity contribution in [2.24, 2.45) is 5.92 Å². The minimum atomic E-state index is -4.58. The first-order chi connectivity index (χ1) is 16.7. The topological polar surface area (TPSA) is 96.6 Å². The number of halogens is 3. The lowest BCUT2D eigenvalue weighted by Crippen LogP contribution is -2.09. The molecule has 1 N–H and O–H groups in total. The Morgan fingerprint density at radius 3 is 2.60 bits per heavy atom. The number of nitrogens with zero attached hydrogens (tertiary/aromatic N) is 5. The summed E-state index contributed by atoms with van der Waals surface area (Å²) in [6, 6.07) is 12.4. The molecule has 7 nitrogen and oxygen atoms in total. The molecule has 4 aromatic heterocycles. The summed E-state index contributed by atoms with van der Waals surface area (Å²) in [5.74, 6) is 0.810. The Morgan fingerprint density at radius 2 is 1.91 bits per heavy atom. The Kier molecular flexibility index (Phi) is 6.89. The van der Waals surface area contributed by atoms with Crippen molar-refractivity contribution in [3.63, 3.8) is 0 Å². The Morgan fingerprint density at radius 1 is 1.09 bits per heavy atom. The van der Waals surface area contributed by atoms with Crippen molar-refractivity contribution >= 4 is 22.5 Å². The molecule has 4 heterocycles. The van der Waals surface area contributed by atoms with Crippen LogP contribution in [0.4, 0.5) is 24.7 Å². The lowest BCUT2D eigenvalue weighted by atomic mass is 10.1. The van der Waals surface area contributed by atoms with Crippen molar-refractivity contribution < 1.29 is 17.9 Å². The Labute approximate surface area is 199 Å². The Balaban J connectivity index is 1.79. The van der Waals surface area contributed by atoms with Gasteiger partial charge in [-0.25, -0.2) is 15.0 Å². The van der Waals surface area contributed by atoms with Crippen LogP contribution in [0.2, 0.25) is 0 Å². The van der Waals surface area contributed by atoms with Gasteiger partial charge in [0.05, 0.1) is 34.8 Å². The number of hydrogen-bond donors (Lipinski definition) is 1. The molecule has 0 spiro atoms. The van der Waals surface area contributed by atoms with Gasteiger partial charge in [0.25, 0.3) is 0 Å².